The van der Waals surface area contributed by atoms with E-state index in [-0.39, 0.29) is 12.7 Å². The highest BCUT2D eigenvalue weighted by molar-refractivity contribution is 5.89. The molecule has 0 aliphatic carbocycles. The highest BCUT2D eigenvalue weighted by Gasteiger charge is 2.42. The molecule has 120 valence electrons. The van der Waals surface area contributed by atoms with Crippen molar-refractivity contribution in [3.8, 4) is 0 Å². The largest absolute Gasteiger partial charge is 0.459 e. The number of aliphatic hydroxyl groups is 1. The fraction of sp³-hybridized carbons (Fsp3) is 0.500. The monoisotopic (exact) mass is 304 g/mol. The molecule has 0 spiro atoms. The third-order valence-electron chi connectivity index (χ3n) is 4.18. The minimum atomic E-state index is -0.823. The molecule has 0 unspecified atom stereocenters. The highest BCUT2D eigenvalue weighted by atomic mass is 16.6. The van der Waals surface area contributed by atoms with Crippen molar-refractivity contribution < 1.29 is 19.4 Å². The van der Waals surface area contributed by atoms with Crippen molar-refractivity contribution in [2.24, 2.45) is 0 Å². The fourth-order valence-electron chi connectivity index (χ4n) is 2.81. The normalized spacial score (nSPS) is 26.2. The molecule has 22 heavy (non-hydrogen) atoms. The zero-order chi connectivity index (χ0) is 16.0. The number of esters is 1. The lowest BCUT2D eigenvalue weighted by Crippen LogP contribution is -2.52. The Kier molecular flexibility index (Phi) is 5.75. The van der Waals surface area contributed by atoms with E-state index in [0.717, 1.165) is 19.3 Å². The van der Waals surface area contributed by atoms with Gasteiger partial charge < -0.3 is 14.6 Å². The van der Waals surface area contributed by atoms with Gasteiger partial charge in [-0.25, -0.2) is 4.79 Å². The summed E-state index contributed by atoms with van der Waals surface area (Å²) in [4.78, 5) is 12.1. The van der Waals surface area contributed by atoms with Gasteiger partial charge in [0.2, 0.25) is 0 Å². The van der Waals surface area contributed by atoms with E-state index < -0.39 is 17.7 Å². The van der Waals surface area contributed by atoms with E-state index in [1.165, 1.54) is 0 Å². The summed E-state index contributed by atoms with van der Waals surface area (Å²) < 4.78 is 11.5. The summed E-state index contributed by atoms with van der Waals surface area (Å²) in [7, 11) is 0. The first-order valence-electron chi connectivity index (χ1n) is 7.76. The van der Waals surface area contributed by atoms with Gasteiger partial charge in [0.25, 0.3) is 0 Å². The number of ether oxygens (including phenoxy) is 2. The van der Waals surface area contributed by atoms with E-state index >= 15 is 0 Å². The van der Waals surface area contributed by atoms with Gasteiger partial charge >= 0.3 is 5.97 Å². The molecule has 1 fully saturated rings. The molecule has 1 heterocycles. The molecule has 0 saturated carbocycles. The Bertz CT molecular complexity index is 497. The second kappa shape index (κ2) is 7.56. The van der Waals surface area contributed by atoms with E-state index in [2.05, 4.69) is 6.58 Å². The zero-order valence-electron chi connectivity index (χ0n) is 13.0. The Balaban J connectivity index is 2.02. The predicted molar refractivity (Wildman–Crippen MR) is 84.7 cm³/mol. The zero-order valence-corrected chi connectivity index (χ0v) is 13.0. The molecular weight excluding hydrogens is 280 g/mol. The molecule has 0 aromatic heterocycles. The van der Waals surface area contributed by atoms with Crippen molar-refractivity contribution in [3.05, 3.63) is 48.6 Å². The molecule has 2 rings (SSSR count). The second-order valence-electron chi connectivity index (χ2n) is 5.84. The van der Waals surface area contributed by atoms with Gasteiger partial charge in [-0.05, 0) is 44.7 Å². The van der Waals surface area contributed by atoms with Gasteiger partial charge in [0.05, 0.1) is 17.8 Å². The quantitative estimate of drug-likeness (QED) is 0.648. The van der Waals surface area contributed by atoms with Crippen LogP contribution in [0.25, 0.3) is 0 Å². The van der Waals surface area contributed by atoms with Crippen LogP contribution < -0.4 is 0 Å². The summed E-state index contributed by atoms with van der Waals surface area (Å²) >= 11 is 0. The molecule has 1 aromatic carbocycles. The number of benzene rings is 1. The van der Waals surface area contributed by atoms with Gasteiger partial charge in [-0.15, -0.1) is 6.58 Å². The summed E-state index contributed by atoms with van der Waals surface area (Å²) in [6, 6.07) is 8.84. The van der Waals surface area contributed by atoms with Gasteiger partial charge in [0.1, 0.15) is 12.2 Å². The number of carbonyl (C=O) groups excluding carboxylic acids is 1. The maximum atomic E-state index is 12.1. The van der Waals surface area contributed by atoms with Crippen LogP contribution in [0.5, 0.6) is 0 Å². The Morgan fingerprint density at radius 3 is 2.91 bits per heavy atom. The van der Waals surface area contributed by atoms with Crippen molar-refractivity contribution in [1.29, 1.82) is 0 Å². The lowest BCUT2D eigenvalue weighted by atomic mass is 9.87. The Hall–Kier alpha value is -1.65. The molecular formula is C18H24O4. The van der Waals surface area contributed by atoms with Crippen molar-refractivity contribution in [1.82, 2.24) is 0 Å². The predicted octanol–water partition coefficient (Wildman–Crippen LogP) is 3.11. The average Bonchev–Trinajstić information content (AvgIpc) is 2.54. The maximum absolute atomic E-state index is 12.1. The van der Waals surface area contributed by atoms with Gasteiger partial charge in [-0.2, -0.15) is 0 Å². The molecule has 1 aliphatic heterocycles. The van der Waals surface area contributed by atoms with Crippen LogP contribution in [-0.2, 0) is 9.47 Å². The first-order valence-corrected chi connectivity index (χ1v) is 7.76. The second-order valence-corrected chi connectivity index (χ2v) is 5.84. The topological polar surface area (TPSA) is 55.8 Å². The minimum absolute atomic E-state index is 0.0243. The van der Waals surface area contributed by atoms with E-state index in [1.54, 1.807) is 31.2 Å². The molecule has 0 bridgehead atoms. The lowest BCUT2D eigenvalue weighted by Gasteiger charge is -2.42. The van der Waals surface area contributed by atoms with Crippen LogP contribution in [0.15, 0.2) is 43.0 Å². The Morgan fingerprint density at radius 1 is 1.55 bits per heavy atom. The van der Waals surface area contributed by atoms with E-state index in [9.17, 15) is 9.90 Å². The highest BCUT2D eigenvalue weighted by Crippen LogP contribution is 2.33. The molecule has 4 heteroatoms. The molecule has 4 nitrogen and oxygen atoms in total. The summed E-state index contributed by atoms with van der Waals surface area (Å²) in [5, 5.41) is 10.2. The number of carbonyl (C=O) groups is 1. The molecule has 1 saturated heterocycles. The number of aliphatic hydroxyl groups excluding tert-OH is 1. The van der Waals surface area contributed by atoms with Crippen LogP contribution in [0.4, 0.5) is 0 Å². The van der Waals surface area contributed by atoms with Crippen LogP contribution >= 0.6 is 0 Å². The number of hydrogen-bond donors (Lipinski definition) is 1. The molecule has 1 aromatic rings. The summed E-state index contributed by atoms with van der Waals surface area (Å²) in [6.45, 7) is 5.48. The molecule has 1 aliphatic rings. The Labute approximate surface area is 131 Å². The third-order valence-corrected chi connectivity index (χ3v) is 4.18. The van der Waals surface area contributed by atoms with Crippen LogP contribution in [0, 0.1) is 0 Å². The van der Waals surface area contributed by atoms with E-state index in [1.807, 2.05) is 12.1 Å². The van der Waals surface area contributed by atoms with E-state index in [0.29, 0.717) is 12.0 Å². The van der Waals surface area contributed by atoms with Crippen molar-refractivity contribution in [2.45, 2.75) is 50.4 Å². The summed E-state index contributed by atoms with van der Waals surface area (Å²) in [6.07, 6.45) is 4.43. The summed E-state index contributed by atoms with van der Waals surface area (Å²) in [5.74, 6) is -0.393. The standard InChI is InChI=1S/C18H24O4/c1-3-8-16-11-7-12-18(22-16,14(2)19)13-21-17(20)15-9-5-4-6-10-15/h3-6,9-10,14,16,19H,1,7-8,11-13H2,2H3/t14-,16-,18-/m1/s1. The van der Waals surface area contributed by atoms with Crippen LogP contribution in [-0.4, -0.2) is 35.5 Å². The Morgan fingerprint density at radius 2 is 2.27 bits per heavy atom. The molecule has 0 radical (unpaired) electrons. The first kappa shape index (κ1) is 16.7. The SMILES string of the molecule is C=CC[C@@H]1CCC[C@@](COC(=O)c2ccccc2)([C@@H](C)O)O1. The van der Waals surface area contributed by atoms with Crippen molar-refractivity contribution in [2.75, 3.05) is 6.61 Å². The van der Waals surface area contributed by atoms with Gasteiger partial charge in [-0.1, -0.05) is 24.3 Å². The number of rotatable bonds is 6. The van der Waals surface area contributed by atoms with Crippen LogP contribution in [0.3, 0.4) is 0 Å². The van der Waals surface area contributed by atoms with Gasteiger partial charge in [0.15, 0.2) is 0 Å². The smallest absolute Gasteiger partial charge is 0.338 e. The van der Waals surface area contributed by atoms with Crippen molar-refractivity contribution in [3.63, 3.8) is 0 Å². The van der Waals surface area contributed by atoms with Crippen molar-refractivity contribution >= 4 is 5.97 Å². The average molecular weight is 304 g/mol. The van der Waals surface area contributed by atoms with E-state index in [4.69, 9.17) is 9.47 Å². The molecule has 0 amide bonds. The van der Waals surface area contributed by atoms with Gasteiger partial charge in [0, 0.05) is 0 Å². The number of hydrogen-bond acceptors (Lipinski definition) is 4. The van der Waals surface area contributed by atoms with Gasteiger partial charge in [-0.3, -0.25) is 0 Å². The molecule has 3 atom stereocenters. The fourth-order valence-corrected chi connectivity index (χ4v) is 2.81. The third kappa shape index (κ3) is 3.96. The van der Waals surface area contributed by atoms with Crippen LogP contribution in [0.2, 0.25) is 0 Å². The maximum Gasteiger partial charge on any atom is 0.338 e. The molecule has 1 N–H and O–H groups in total. The van der Waals surface area contributed by atoms with Crippen LogP contribution in [0.1, 0.15) is 43.0 Å². The lowest BCUT2D eigenvalue weighted by molar-refractivity contribution is -0.195. The summed E-state index contributed by atoms with van der Waals surface area (Å²) in [5.41, 5.74) is -0.321. The minimum Gasteiger partial charge on any atom is -0.459 e. The first-order chi connectivity index (χ1) is 10.6.